The number of furan rings is 1. The van der Waals surface area contributed by atoms with Gasteiger partial charge in [-0.3, -0.25) is 0 Å². The third-order valence-corrected chi connectivity index (χ3v) is 4.73. The maximum absolute atomic E-state index is 5.59. The van der Waals surface area contributed by atoms with Crippen LogP contribution in [0.15, 0.2) is 22.8 Å². The summed E-state index contributed by atoms with van der Waals surface area (Å²) >= 11 is 0. The highest BCUT2D eigenvalue weighted by atomic mass is 16.3. The molecule has 19 heavy (non-hydrogen) atoms. The van der Waals surface area contributed by atoms with Crippen LogP contribution in [-0.4, -0.2) is 6.04 Å². The lowest BCUT2D eigenvalue weighted by Crippen LogP contribution is -2.44. The quantitative estimate of drug-likeness (QED) is 0.827. The smallest absolute Gasteiger partial charge is 0.120 e. The van der Waals surface area contributed by atoms with Crippen molar-refractivity contribution in [1.82, 2.24) is 5.32 Å². The van der Waals surface area contributed by atoms with Crippen molar-refractivity contribution in [3.63, 3.8) is 0 Å². The largest absolute Gasteiger partial charge is 0.468 e. The van der Waals surface area contributed by atoms with Crippen molar-refractivity contribution in [2.75, 3.05) is 0 Å². The SMILES string of the molecule is CCC(NC1CC(C)CCC1C(C)C)c1ccco1. The Morgan fingerprint density at radius 1 is 1.37 bits per heavy atom. The Kier molecular flexibility index (Phi) is 5.09. The molecule has 108 valence electrons. The zero-order valence-electron chi connectivity index (χ0n) is 12.9. The molecule has 1 fully saturated rings. The van der Waals surface area contributed by atoms with Crippen molar-refractivity contribution >= 4 is 0 Å². The fourth-order valence-corrected chi connectivity index (χ4v) is 3.54. The standard InChI is InChI=1S/C17H29NO/c1-5-15(17-7-6-10-19-17)18-16-11-13(4)8-9-14(16)12(2)3/h6-7,10,12-16,18H,5,8-9,11H2,1-4H3. The molecule has 1 aromatic rings. The summed E-state index contributed by atoms with van der Waals surface area (Å²) in [4.78, 5) is 0. The molecule has 1 saturated carbocycles. The van der Waals surface area contributed by atoms with E-state index in [1.54, 1.807) is 6.26 Å². The normalized spacial score (nSPS) is 29.6. The third kappa shape index (κ3) is 3.62. The second-order valence-corrected chi connectivity index (χ2v) is 6.58. The molecule has 4 atom stereocenters. The zero-order valence-corrected chi connectivity index (χ0v) is 12.9. The maximum atomic E-state index is 5.59. The lowest BCUT2D eigenvalue weighted by Gasteiger charge is -2.39. The molecular formula is C17H29NO. The van der Waals surface area contributed by atoms with Gasteiger partial charge < -0.3 is 9.73 Å². The Bertz CT molecular complexity index is 357. The van der Waals surface area contributed by atoms with Crippen LogP contribution >= 0.6 is 0 Å². The van der Waals surface area contributed by atoms with Crippen LogP contribution in [0.2, 0.25) is 0 Å². The van der Waals surface area contributed by atoms with Crippen molar-refractivity contribution in [2.24, 2.45) is 17.8 Å². The minimum atomic E-state index is 0.367. The second-order valence-electron chi connectivity index (χ2n) is 6.58. The van der Waals surface area contributed by atoms with Gasteiger partial charge in [0.05, 0.1) is 12.3 Å². The Labute approximate surface area is 118 Å². The van der Waals surface area contributed by atoms with Gasteiger partial charge in [-0.25, -0.2) is 0 Å². The minimum absolute atomic E-state index is 0.367. The van der Waals surface area contributed by atoms with Crippen LogP contribution in [-0.2, 0) is 0 Å². The zero-order chi connectivity index (χ0) is 13.8. The van der Waals surface area contributed by atoms with E-state index in [4.69, 9.17) is 4.42 Å². The average molecular weight is 263 g/mol. The third-order valence-electron chi connectivity index (χ3n) is 4.73. The van der Waals surface area contributed by atoms with E-state index in [-0.39, 0.29) is 0 Å². The van der Waals surface area contributed by atoms with Crippen molar-refractivity contribution in [3.8, 4) is 0 Å². The van der Waals surface area contributed by atoms with Gasteiger partial charge in [0.2, 0.25) is 0 Å². The lowest BCUT2D eigenvalue weighted by atomic mass is 9.73. The van der Waals surface area contributed by atoms with Gasteiger partial charge in [0.15, 0.2) is 0 Å². The summed E-state index contributed by atoms with van der Waals surface area (Å²) in [7, 11) is 0. The van der Waals surface area contributed by atoms with Gasteiger partial charge in [-0.1, -0.05) is 34.1 Å². The predicted molar refractivity (Wildman–Crippen MR) is 80.0 cm³/mol. The Balaban J connectivity index is 2.05. The van der Waals surface area contributed by atoms with Crippen LogP contribution in [0.25, 0.3) is 0 Å². The first-order chi connectivity index (χ1) is 9.11. The summed E-state index contributed by atoms with van der Waals surface area (Å²) in [5.41, 5.74) is 0. The van der Waals surface area contributed by atoms with E-state index >= 15 is 0 Å². The first-order valence-electron chi connectivity index (χ1n) is 7.91. The molecule has 0 radical (unpaired) electrons. The highest BCUT2D eigenvalue weighted by Crippen LogP contribution is 2.35. The minimum Gasteiger partial charge on any atom is -0.468 e. The van der Waals surface area contributed by atoms with Gasteiger partial charge in [0, 0.05) is 6.04 Å². The van der Waals surface area contributed by atoms with Gasteiger partial charge >= 0.3 is 0 Å². The first kappa shape index (κ1) is 14.6. The highest BCUT2D eigenvalue weighted by Gasteiger charge is 2.32. The molecule has 0 saturated heterocycles. The van der Waals surface area contributed by atoms with Crippen molar-refractivity contribution < 1.29 is 4.42 Å². The fraction of sp³-hybridized carbons (Fsp3) is 0.765. The summed E-state index contributed by atoms with van der Waals surface area (Å²) in [6.07, 6.45) is 6.93. The summed E-state index contributed by atoms with van der Waals surface area (Å²) in [5.74, 6) is 3.50. The number of nitrogens with one attached hydrogen (secondary N) is 1. The topological polar surface area (TPSA) is 25.2 Å². The van der Waals surface area contributed by atoms with E-state index < -0.39 is 0 Å². The monoisotopic (exact) mass is 263 g/mol. The summed E-state index contributed by atoms with van der Waals surface area (Å²) in [6, 6.07) is 5.09. The van der Waals surface area contributed by atoms with Crippen molar-refractivity contribution in [1.29, 1.82) is 0 Å². The van der Waals surface area contributed by atoms with Gasteiger partial charge in [-0.2, -0.15) is 0 Å². The molecule has 0 bridgehead atoms. The van der Waals surface area contributed by atoms with Crippen LogP contribution < -0.4 is 5.32 Å². The van der Waals surface area contributed by atoms with E-state index in [0.717, 1.165) is 29.9 Å². The number of rotatable bonds is 5. The van der Waals surface area contributed by atoms with E-state index in [1.807, 2.05) is 6.07 Å². The van der Waals surface area contributed by atoms with Gasteiger partial charge in [-0.05, 0) is 49.1 Å². The lowest BCUT2D eigenvalue weighted by molar-refractivity contribution is 0.153. The van der Waals surface area contributed by atoms with Gasteiger partial charge in [0.1, 0.15) is 5.76 Å². The van der Waals surface area contributed by atoms with E-state index in [0.29, 0.717) is 12.1 Å². The maximum Gasteiger partial charge on any atom is 0.120 e. The van der Waals surface area contributed by atoms with E-state index in [1.165, 1.54) is 19.3 Å². The molecule has 0 spiro atoms. The van der Waals surface area contributed by atoms with Crippen molar-refractivity contribution in [2.45, 2.75) is 65.5 Å². The molecule has 2 rings (SSSR count). The molecular weight excluding hydrogens is 234 g/mol. The van der Waals surface area contributed by atoms with Crippen LogP contribution in [0.4, 0.5) is 0 Å². The first-order valence-corrected chi connectivity index (χ1v) is 7.91. The Morgan fingerprint density at radius 3 is 2.74 bits per heavy atom. The molecule has 0 amide bonds. The van der Waals surface area contributed by atoms with Crippen LogP contribution in [0.1, 0.15) is 65.2 Å². The molecule has 2 nitrogen and oxygen atoms in total. The molecule has 1 aromatic heterocycles. The molecule has 2 heteroatoms. The predicted octanol–water partition coefficient (Wildman–Crippen LogP) is 4.78. The molecule has 1 heterocycles. The molecule has 0 aromatic carbocycles. The van der Waals surface area contributed by atoms with E-state index in [9.17, 15) is 0 Å². The van der Waals surface area contributed by atoms with Crippen molar-refractivity contribution in [3.05, 3.63) is 24.2 Å². The average Bonchev–Trinajstić information content (AvgIpc) is 2.89. The number of hydrogen-bond donors (Lipinski definition) is 1. The molecule has 4 unspecified atom stereocenters. The van der Waals surface area contributed by atoms with Gasteiger partial charge in [-0.15, -0.1) is 0 Å². The summed E-state index contributed by atoms with van der Waals surface area (Å²) in [6.45, 7) is 9.35. The van der Waals surface area contributed by atoms with Crippen LogP contribution in [0.5, 0.6) is 0 Å². The van der Waals surface area contributed by atoms with E-state index in [2.05, 4.69) is 39.1 Å². The summed E-state index contributed by atoms with van der Waals surface area (Å²) in [5, 5.41) is 3.88. The highest BCUT2D eigenvalue weighted by molar-refractivity contribution is 5.05. The molecule has 1 aliphatic carbocycles. The van der Waals surface area contributed by atoms with Crippen LogP contribution in [0, 0.1) is 17.8 Å². The second kappa shape index (κ2) is 6.60. The molecule has 1 N–H and O–H groups in total. The summed E-state index contributed by atoms with van der Waals surface area (Å²) < 4.78 is 5.59. The molecule has 0 aliphatic heterocycles. The molecule has 1 aliphatic rings. The fourth-order valence-electron chi connectivity index (χ4n) is 3.54. The Hall–Kier alpha value is -0.760. The number of hydrogen-bond acceptors (Lipinski definition) is 2. The Morgan fingerprint density at radius 2 is 2.16 bits per heavy atom. The van der Waals surface area contributed by atoms with Gasteiger partial charge in [0.25, 0.3) is 0 Å². The van der Waals surface area contributed by atoms with Crippen LogP contribution in [0.3, 0.4) is 0 Å².